The Labute approximate surface area is 99.2 Å². The van der Waals surface area contributed by atoms with Gasteiger partial charge >= 0.3 is 0 Å². The summed E-state index contributed by atoms with van der Waals surface area (Å²) in [6, 6.07) is 0.281. The molecule has 3 unspecified atom stereocenters. The van der Waals surface area contributed by atoms with Crippen LogP contribution in [0.5, 0.6) is 0 Å². The van der Waals surface area contributed by atoms with E-state index in [-0.39, 0.29) is 23.4 Å². The van der Waals surface area contributed by atoms with E-state index in [9.17, 15) is 4.79 Å². The zero-order chi connectivity index (χ0) is 12.3. The molecule has 3 atom stereocenters. The number of hydrogen-bond donors (Lipinski definition) is 2. The Bertz CT molecular complexity index is 250. The molecule has 0 aromatic heterocycles. The topological polar surface area (TPSA) is 55.1 Å². The van der Waals surface area contributed by atoms with Gasteiger partial charge in [0.25, 0.3) is 0 Å². The summed E-state index contributed by atoms with van der Waals surface area (Å²) in [6.07, 6.45) is 3.82. The van der Waals surface area contributed by atoms with Gasteiger partial charge in [0.15, 0.2) is 0 Å². The summed E-state index contributed by atoms with van der Waals surface area (Å²) in [6.45, 7) is 8.39. The highest BCUT2D eigenvalue weighted by molar-refractivity contribution is 5.79. The van der Waals surface area contributed by atoms with E-state index in [1.54, 1.807) is 0 Å². The lowest BCUT2D eigenvalue weighted by atomic mass is 9.78. The van der Waals surface area contributed by atoms with E-state index in [0.29, 0.717) is 5.92 Å². The molecule has 16 heavy (non-hydrogen) atoms. The van der Waals surface area contributed by atoms with Crippen LogP contribution >= 0.6 is 0 Å². The van der Waals surface area contributed by atoms with E-state index in [4.69, 9.17) is 5.73 Å². The van der Waals surface area contributed by atoms with E-state index in [2.05, 4.69) is 33.0 Å². The molecular formula is C13H26N2O. The van der Waals surface area contributed by atoms with E-state index >= 15 is 0 Å². The second-order valence-corrected chi connectivity index (χ2v) is 5.88. The molecule has 3 heteroatoms. The first-order valence-electron chi connectivity index (χ1n) is 6.43. The first kappa shape index (κ1) is 13.5. The van der Waals surface area contributed by atoms with Gasteiger partial charge in [0.2, 0.25) is 5.91 Å². The molecule has 3 nitrogen and oxygen atoms in total. The van der Waals surface area contributed by atoms with E-state index in [1.165, 1.54) is 0 Å². The Hall–Kier alpha value is -0.570. The Morgan fingerprint density at radius 2 is 2.06 bits per heavy atom. The van der Waals surface area contributed by atoms with Crippen molar-refractivity contribution in [1.82, 2.24) is 5.32 Å². The molecule has 0 bridgehead atoms. The molecule has 0 saturated heterocycles. The van der Waals surface area contributed by atoms with Gasteiger partial charge in [-0.15, -0.1) is 0 Å². The van der Waals surface area contributed by atoms with Crippen molar-refractivity contribution in [3.8, 4) is 0 Å². The van der Waals surface area contributed by atoms with Gasteiger partial charge in [-0.3, -0.25) is 4.79 Å². The Morgan fingerprint density at radius 1 is 1.44 bits per heavy atom. The maximum atomic E-state index is 12.1. The molecule has 1 aliphatic rings. The third kappa shape index (κ3) is 3.48. The maximum absolute atomic E-state index is 12.1. The SMILES string of the molecule is CCC(C)(C)NC(=O)C1CCC(N)C(C)C1. The van der Waals surface area contributed by atoms with Gasteiger partial charge in [-0.25, -0.2) is 0 Å². The molecule has 1 aliphatic carbocycles. The monoisotopic (exact) mass is 226 g/mol. The minimum Gasteiger partial charge on any atom is -0.351 e. The van der Waals surface area contributed by atoms with Crippen molar-refractivity contribution in [2.24, 2.45) is 17.6 Å². The van der Waals surface area contributed by atoms with E-state index in [0.717, 1.165) is 25.7 Å². The van der Waals surface area contributed by atoms with Crippen LogP contribution < -0.4 is 11.1 Å². The largest absolute Gasteiger partial charge is 0.351 e. The molecule has 1 fully saturated rings. The van der Waals surface area contributed by atoms with Crippen molar-refractivity contribution in [2.45, 2.75) is 65.0 Å². The van der Waals surface area contributed by atoms with E-state index in [1.807, 2.05) is 0 Å². The van der Waals surface area contributed by atoms with Crippen LogP contribution in [0.3, 0.4) is 0 Å². The van der Waals surface area contributed by atoms with Crippen molar-refractivity contribution in [2.75, 3.05) is 0 Å². The Morgan fingerprint density at radius 3 is 2.56 bits per heavy atom. The lowest BCUT2D eigenvalue weighted by Crippen LogP contribution is -2.48. The third-order valence-corrected chi connectivity index (χ3v) is 3.95. The van der Waals surface area contributed by atoms with Crippen LogP contribution in [0, 0.1) is 11.8 Å². The molecule has 0 aromatic rings. The number of hydrogen-bond acceptors (Lipinski definition) is 2. The van der Waals surface area contributed by atoms with Gasteiger partial charge in [-0.05, 0) is 45.4 Å². The molecule has 0 aromatic carbocycles. The van der Waals surface area contributed by atoms with Gasteiger partial charge in [0.05, 0.1) is 0 Å². The predicted octanol–water partition coefficient (Wildman–Crippen LogP) is 2.05. The van der Waals surface area contributed by atoms with Gasteiger partial charge in [0, 0.05) is 17.5 Å². The Balaban J connectivity index is 2.49. The lowest BCUT2D eigenvalue weighted by Gasteiger charge is -2.33. The Kier molecular flexibility index (Phi) is 4.36. The highest BCUT2D eigenvalue weighted by Crippen LogP contribution is 2.28. The smallest absolute Gasteiger partial charge is 0.223 e. The fourth-order valence-corrected chi connectivity index (χ4v) is 2.18. The minimum absolute atomic E-state index is 0.0834. The quantitative estimate of drug-likeness (QED) is 0.774. The second-order valence-electron chi connectivity index (χ2n) is 5.88. The molecule has 94 valence electrons. The number of nitrogens with one attached hydrogen (secondary N) is 1. The van der Waals surface area contributed by atoms with Crippen LogP contribution in [0.15, 0.2) is 0 Å². The molecule has 1 rings (SSSR count). The van der Waals surface area contributed by atoms with E-state index < -0.39 is 0 Å². The molecule has 1 saturated carbocycles. The van der Waals surface area contributed by atoms with Gasteiger partial charge in [-0.1, -0.05) is 13.8 Å². The molecule has 0 aliphatic heterocycles. The van der Waals surface area contributed by atoms with Gasteiger partial charge < -0.3 is 11.1 Å². The minimum atomic E-state index is -0.0834. The first-order valence-corrected chi connectivity index (χ1v) is 6.43. The van der Waals surface area contributed by atoms with Crippen LogP contribution in [-0.2, 0) is 4.79 Å². The molecule has 0 spiro atoms. The first-order chi connectivity index (χ1) is 7.35. The summed E-state index contributed by atoms with van der Waals surface area (Å²) in [5.74, 6) is 0.848. The standard InChI is InChI=1S/C13H26N2O/c1-5-13(3,4)15-12(16)10-6-7-11(14)9(2)8-10/h9-11H,5-8,14H2,1-4H3,(H,15,16). The van der Waals surface area contributed by atoms with Crippen LogP contribution in [-0.4, -0.2) is 17.5 Å². The number of carbonyl (C=O) groups excluding carboxylic acids is 1. The van der Waals surface area contributed by atoms with Crippen molar-refractivity contribution in [3.63, 3.8) is 0 Å². The highest BCUT2D eigenvalue weighted by atomic mass is 16.2. The van der Waals surface area contributed by atoms with Crippen LogP contribution in [0.1, 0.15) is 53.4 Å². The zero-order valence-corrected chi connectivity index (χ0v) is 11.0. The molecule has 3 N–H and O–H groups in total. The average molecular weight is 226 g/mol. The summed E-state index contributed by atoms with van der Waals surface area (Å²) in [5.41, 5.74) is 5.88. The van der Waals surface area contributed by atoms with Gasteiger partial charge in [-0.2, -0.15) is 0 Å². The number of nitrogens with two attached hydrogens (primary N) is 1. The van der Waals surface area contributed by atoms with Crippen molar-refractivity contribution >= 4 is 5.91 Å². The summed E-state index contributed by atoms with van der Waals surface area (Å²) in [4.78, 5) is 12.1. The number of amides is 1. The fourth-order valence-electron chi connectivity index (χ4n) is 2.18. The predicted molar refractivity (Wildman–Crippen MR) is 67.0 cm³/mol. The van der Waals surface area contributed by atoms with Crippen LogP contribution in [0.4, 0.5) is 0 Å². The number of rotatable bonds is 3. The summed E-state index contributed by atoms with van der Waals surface area (Å²) in [7, 11) is 0. The maximum Gasteiger partial charge on any atom is 0.223 e. The highest BCUT2D eigenvalue weighted by Gasteiger charge is 2.31. The fraction of sp³-hybridized carbons (Fsp3) is 0.923. The van der Waals surface area contributed by atoms with Crippen molar-refractivity contribution in [1.29, 1.82) is 0 Å². The molecule has 0 heterocycles. The van der Waals surface area contributed by atoms with Gasteiger partial charge in [0.1, 0.15) is 0 Å². The average Bonchev–Trinajstić information content (AvgIpc) is 2.21. The normalized spacial score (nSPS) is 31.2. The van der Waals surface area contributed by atoms with Crippen LogP contribution in [0.2, 0.25) is 0 Å². The summed E-state index contributed by atoms with van der Waals surface area (Å²) < 4.78 is 0. The molecular weight excluding hydrogens is 200 g/mol. The third-order valence-electron chi connectivity index (χ3n) is 3.95. The van der Waals surface area contributed by atoms with Crippen molar-refractivity contribution in [3.05, 3.63) is 0 Å². The molecule has 0 radical (unpaired) electrons. The summed E-state index contributed by atoms with van der Waals surface area (Å²) >= 11 is 0. The second kappa shape index (κ2) is 5.17. The summed E-state index contributed by atoms with van der Waals surface area (Å²) in [5, 5.41) is 3.13. The van der Waals surface area contributed by atoms with Crippen molar-refractivity contribution < 1.29 is 4.79 Å². The lowest BCUT2D eigenvalue weighted by molar-refractivity contribution is -0.128. The molecule has 1 amide bonds. The number of carbonyl (C=O) groups is 1. The van der Waals surface area contributed by atoms with Crippen LogP contribution in [0.25, 0.3) is 0 Å². The zero-order valence-electron chi connectivity index (χ0n) is 11.0.